The van der Waals surface area contributed by atoms with Crippen LogP contribution in [0.5, 0.6) is 0 Å². The van der Waals surface area contributed by atoms with Gasteiger partial charge in [-0.3, -0.25) is 4.99 Å². The molecule has 112 valence electrons. The van der Waals surface area contributed by atoms with Crippen LogP contribution in [-0.4, -0.2) is 38.5 Å². The van der Waals surface area contributed by atoms with Crippen LogP contribution in [0.25, 0.3) is 0 Å². The lowest BCUT2D eigenvalue weighted by atomic mass is 9.86. The van der Waals surface area contributed by atoms with Gasteiger partial charge in [-0.2, -0.15) is 0 Å². The minimum Gasteiger partial charge on any atom is -0.370 e. The summed E-state index contributed by atoms with van der Waals surface area (Å²) in [5.41, 5.74) is 5.75. The second kappa shape index (κ2) is 7.66. The highest BCUT2D eigenvalue weighted by molar-refractivity contribution is 14.0. The first-order valence-electron chi connectivity index (χ1n) is 6.83. The van der Waals surface area contributed by atoms with Crippen molar-refractivity contribution >= 4 is 39.8 Å². The van der Waals surface area contributed by atoms with Gasteiger partial charge in [0.25, 0.3) is 0 Å². The second-order valence-corrected chi connectivity index (χ2v) is 7.79. The summed E-state index contributed by atoms with van der Waals surface area (Å²) < 4.78 is 23.6. The smallest absolute Gasteiger partial charge is 0.188 e. The maximum Gasteiger partial charge on any atom is 0.188 e. The summed E-state index contributed by atoms with van der Waals surface area (Å²) >= 11 is 0. The summed E-state index contributed by atoms with van der Waals surface area (Å²) in [6.07, 6.45) is 6.31. The van der Waals surface area contributed by atoms with Gasteiger partial charge in [0.1, 0.15) is 0 Å². The fourth-order valence-electron chi connectivity index (χ4n) is 2.43. The van der Waals surface area contributed by atoms with Crippen LogP contribution in [0.15, 0.2) is 4.99 Å². The first-order valence-corrected chi connectivity index (χ1v) is 8.55. The fourth-order valence-corrected chi connectivity index (χ4v) is 4.23. The third-order valence-corrected chi connectivity index (χ3v) is 6.24. The Morgan fingerprint density at radius 3 is 2.53 bits per heavy atom. The first kappa shape index (κ1) is 17.0. The van der Waals surface area contributed by atoms with Crippen molar-refractivity contribution in [1.29, 1.82) is 0 Å². The number of rotatable bonds is 4. The molecule has 5 nitrogen and oxygen atoms in total. The number of sulfone groups is 1. The highest BCUT2D eigenvalue weighted by atomic mass is 127. The topological polar surface area (TPSA) is 84.5 Å². The Balaban J connectivity index is 0.00000180. The number of halogens is 1. The summed E-state index contributed by atoms with van der Waals surface area (Å²) in [4.78, 5) is 4.27. The highest BCUT2D eigenvalue weighted by Crippen LogP contribution is 2.26. The SMILES string of the molecule is I.NC(=NCC1CCC1)NCC1CCCCS1(=O)=O. The van der Waals surface area contributed by atoms with E-state index in [1.807, 2.05) is 0 Å². The van der Waals surface area contributed by atoms with E-state index >= 15 is 0 Å². The van der Waals surface area contributed by atoms with Gasteiger partial charge in [-0.05, 0) is 31.6 Å². The molecule has 0 spiro atoms. The lowest BCUT2D eigenvalue weighted by Crippen LogP contribution is -2.42. The number of nitrogens with two attached hydrogens (primary N) is 1. The lowest BCUT2D eigenvalue weighted by Gasteiger charge is -2.24. The lowest BCUT2D eigenvalue weighted by molar-refractivity contribution is 0.326. The van der Waals surface area contributed by atoms with Gasteiger partial charge in [-0.25, -0.2) is 8.42 Å². The number of nitrogens with zero attached hydrogens (tertiary/aromatic N) is 1. The molecule has 1 aliphatic heterocycles. The molecule has 1 aliphatic carbocycles. The van der Waals surface area contributed by atoms with E-state index in [1.54, 1.807) is 0 Å². The van der Waals surface area contributed by atoms with Gasteiger partial charge in [0, 0.05) is 13.1 Å². The van der Waals surface area contributed by atoms with E-state index in [-0.39, 0.29) is 29.2 Å². The summed E-state index contributed by atoms with van der Waals surface area (Å²) in [6.45, 7) is 1.18. The second-order valence-electron chi connectivity index (χ2n) is 5.39. The Kier molecular flexibility index (Phi) is 6.85. The Morgan fingerprint density at radius 2 is 1.95 bits per heavy atom. The summed E-state index contributed by atoms with van der Waals surface area (Å²) in [7, 11) is -2.92. The zero-order valence-electron chi connectivity index (χ0n) is 11.2. The van der Waals surface area contributed by atoms with Crippen molar-refractivity contribution in [3.05, 3.63) is 0 Å². The van der Waals surface area contributed by atoms with E-state index in [4.69, 9.17) is 5.73 Å². The molecule has 0 aromatic heterocycles. The Morgan fingerprint density at radius 1 is 1.21 bits per heavy atom. The average molecular weight is 401 g/mol. The maximum atomic E-state index is 11.8. The predicted octanol–water partition coefficient (Wildman–Crippen LogP) is 1.28. The maximum absolute atomic E-state index is 11.8. The van der Waals surface area contributed by atoms with Crippen LogP contribution in [0, 0.1) is 5.92 Å². The third-order valence-electron chi connectivity index (χ3n) is 3.97. The van der Waals surface area contributed by atoms with Crippen LogP contribution >= 0.6 is 24.0 Å². The van der Waals surface area contributed by atoms with Crippen molar-refractivity contribution in [2.24, 2.45) is 16.6 Å². The molecule has 0 amide bonds. The van der Waals surface area contributed by atoms with Gasteiger partial charge in [0.15, 0.2) is 15.8 Å². The number of guanidine groups is 1. The molecule has 1 saturated heterocycles. The van der Waals surface area contributed by atoms with Crippen LogP contribution < -0.4 is 11.1 Å². The minimum absolute atomic E-state index is 0. The monoisotopic (exact) mass is 401 g/mol. The molecule has 2 aliphatic rings. The third kappa shape index (κ3) is 5.09. The largest absolute Gasteiger partial charge is 0.370 e. The van der Waals surface area contributed by atoms with E-state index in [9.17, 15) is 8.42 Å². The molecule has 7 heteroatoms. The molecule has 0 aromatic rings. The summed E-state index contributed by atoms with van der Waals surface area (Å²) in [5, 5.41) is 2.67. The van der Waals surface area contributed by atoms with Crippen molar-refractivity contribution in [2.45, 2.75) is 43.8 Å². The summed E-state index contributed by atoms with van der Waals surface area (Å²) in [5.74, 6) is 1.39. The minimum atomic E-state index is -2.92. The number of hydrogen-bond acceptors (Lipinski definition) is 3. The van der Waals surface area contributed by atoms with Gasteiger partial charge in [-0.15, -0.1) is 24.0 Å². The van der Waals surface area contributed by atoms with Crippen molar-refractivity contribution < 1.29 is 8.42 Å². The zero-order chi connectivity index (χ0) is 13.0. The van der Waals surface area contributed by atoms with E-state index in [2.05, 4.69) is 10.3 Å². The molecule has 19 heavy (non-hydrogen) atoms. The number of aliphatic imine (C=N–C) groups is 1. The number of nitrogens with one attached hydrogen (secondary N) is 1. The Bertz CT molecular complexity index is 407. The zero-order valence-corrected chi connectivity index (χ0v) is 14.3. The Labute approximate surface area is 132 Å². The van der Waals surface area contributed by atoms with Gasteiger partial charge in [0.2, 0.25) is 0 Å². The van der Waals surface area contributed by atoms with Gasteiger partial charge < -0.3 is 11.1 Å². The van der Waals surface area contributed by atoms with E-state index < -0.39 is 9.84 Å². The molecule has 1 atom stereocenters. The van der Waals surface area contributed by atoms with Crippen molar-refractivity contribution in [3.8, 4) is 0 Å². The quantitative estimate of drug-likeness (QED) is 0.422. The predicted molar refractivity (Wildman–Crippen MR) is 88.7 cm³/mol. The van der Waals surface area contributed by atoms with E-state index in [1.165, 1.54) is 19.3 Å². The van der Waals surface area contributed by atoms with Crippen LogP contribution in [0.2, 0.25) is 0 Å². The van der Waals surface area contributed by atoms with E-state index in [0.29, 0.717) is 24.2 Å². The molecule has 3 N–H and O–H groups in total. The van der Waals surface area contributed by atoms with Crippen LogP contribution in [0.4, 0.5) is 0 Å². The normalized spacial score (nSPS) is 27.2. The van der Waals surface area contributed by atoms with Gasteiger partial charge in [-0.1, -0.05) is 12.8 Å². The summed E-state index contributed by atoms with van der Waals surface area (Å²) in [6, 6.07) is 0. The van der Waals surface area contributed by atoms with Crippen LogP contribution in [0.3, 0.4) is 0 Å². The standard InChI is InChI=1S/C12H23N3O2S.HI/c13-12(14-8-10-4-3-5-10)15-9-11-6-1-2-7-18(11,16)17;/h10-11H,1-9H2,(H3,13,14,15);1H. The molecular formula is C12H24IN3O2S. The highest BCUT2D eigenvalue weighted by Gasteiger charge is 2.28. The van der Waals surface area contributed by atoms with Gasteiger partial charge in [0.05, 0.1) is 11.0 Å². The van der Waals surface area contributed by atoms with Gasteiger partial charge >= 0.3 is 0 Å². The molecular weight excluding hydrogens is 377 g/mol. The molecule has 0 aromatic carbocycles. The first-order chi connectivity index (χ1) is 8.58. The molecule has 2 fully saturated rings. The molecule has 2 rings (SSSR count). The van der Waals surface area contributed by atoms with Crippen molar-refractivity contribution in [2.75, 3.05) is 18.8 Å². The molecule has 1 saturated carbocycles. The Hall–Kier alpha value is -0.0500. The number of hydrogen-bond donors (Lipinski definition) is 2. The van der Waals surface area contributed by atoms with Crippen molar-refractivity contribution in [1.82, 2.24) is 5.32 Å². The average Bonchev–Trinajstić information content (AvgIpc) is 2.25. The molecule has 0 radical (unpaired) electrons. The molecule has 1 heterocycles. The van der Waals surface area contributed by atoms with Crippen molar-refractivity contribution in [3.63, 3.8) is 0 Å². The molecule has 0 bridgehead atoms. The van der Waals surface area contributed by atoms with Crippen LogP contribution in [-0.2, 0) is 9.84 Å². The molecule has 1 unspecified atom stereocenters. The van der Waals surface area contributed by atoms with Crippen LogP contribution in [0.1, 0.15) is 38.5 Å². The van der Waals surface area contributed by atoms with E-state index in [0.717, 1.165) is 25.8 Å². The fraction of sp³-hybridized carbons (Fsp3) is 0.917.